The van der Waals surface area contributed by atoms with Crippen LogP contribution in [0.15, 0.2) is 24.3 Å². The highest BCUT2D eigenvalue weighted by atomic mass is 35.5. The molecule has 1 aromatic heterocycles. The molecule has 0 saturated heterocycles. The summed E-state index contributed by atoms with van der Waals surface area (Å²) in [6, 6.07) is 8.04. The third-order valence-electron chi connectivity index (χ3n) is 1.54. The Labute approximate surface area is 87.0 Å². The van der Waals surface area contributed by atoms with Gasteiger partial charge in [0.1, 0.15) is 0 Å². The standard InChI is InChI=1S/C9H9NOS.ClH/c1-2-11-9-10-7-5-3-4-6-8(7)12-9;/h3-6H,2H2,1H3;1H. The van der Waals surface area contributed by atoms with E-state index in [1.54, 1.807) is 11.3 Å². The number of ether oxygens (including phenoxy) is 1. The SMILES string of the molecule is CCOc1nc2ccccc2s1.Cl. The number of fused-ring (bicyclic) bond motifs is 1. The van der Waals surface area contributed by atoms with Crippen molar-refractivity contribution in [2.45, 2.75) is 6.92 Å². The van der Waals surface area contributed by atoms with E-state index in [1.807, 2.05) is 25.1 Å². The Bertz CT molecular complexity index is 355. The maximum Gasteiger partial charge on any atom is 0.274 e. The fourth-order valence-corrected chi connectivity index (χ4v) is 1.91. The summed E-state index contributed by atoms with van der Waals surface area (Å²) >= 11 is 1.59. The lowest BCUT2D eigenvalue weighted by atomic mass is 10.3. The number of hydrogen-bond donors (Lipinski definition) is 0. The maximum absolute atomic E-state index is 5.30. The molecule has 4 heteroatoms. The monoisotopic (exact) mass is 215 g/mol. The van der Waals surface area contributed by atoms with Crippen molar-refractivity contribution in [1.29, 1.82) is 0 Å². The van der Waals surface area contributed by atoms with Gasteiger partial charge in [0.15, 0.2) is 0 Å². The Kier molecular flexibility index (Phi) is 3.51. The molecule has 0 atom stereocenters. The highest BCUT2D eigenvalue weighted by Gasteiger charge is 2.01. The predicted molar refractivity (Wildman–Crippen MR) is 58.0 cm³/mol. The number of nitrogens with zero attached hydrogens (tertiary/aromatic N) is 1. The summed E-state index contributed by atoms with van der Waals surface area (Å²) in [4.78, 5) is 4.30. The van der Waals surface area contributed by atoms with Crippen LogP contribution in [-0.2, 0) is 0 Å². The first-order valence-corrected chi connectivity index (χ1v) is 4.70. The number of para-hydroxylation sites is 1. The second-order valence-corrected chi connectivity index (χ2v) is 3.37. The topological polar surface area (TPSA) is 22.1 Å². The van der Waals surface area contributed by atoms with Crippen molar-refractivity contribution < 1.29 is 4.74 Å². The van der Waals surface area contributed by atoms with E-state index in [9.17, 15) is 0 Å². The van der Waals surface area contributed by atoms with E-state index in [0.29, 0.717) is 6.61 Å². The van der Waals surface area contributed by atoms with Gasteiger partial charge in [0.05, 0.1) is 16.8 Å². The van der Waals surface area contributed by atoms with Gasteiger partial charge >= 0.3 is 0 Å². The van der Waals surface area contributed by atoms with Gasteiger partial charge in [-0.05, 0) is 19.1 Å². The number of thiazole rings is 1. The van der Waals surface area contributed by atoms with Gasteiger partial charge in [-0.3, -0.25) is 0 Å². The van der Waals surface area contributed by atoms with Gasteiger partial charge in [0.25, 0.3) is 5.19 Å². The van der Waals surface area contributed by atoms with Crippen LogP contribution in [0.5, 0.6) is 5.19 Å². The molecular weight excluding hydrogens is 206 g/mol. The Morgan fingerprint density at radius 2 is 2.15 bits per heavy atom. The minimum Gasteiger partial charge on any atom is -0.470 e. The minimum atomic E-state index is 0. The number of hydrogen-bond acceptors (Lipinski definition) is 3. The Hall–Kier alpha value is -0.800. The molecule has 0 amide bonds. The van der Waals surface area contributed by atoms with Crippen molar-refractivity contribution >= 4 is 34.0 Å². The van der Waals surface area contributed by atoms with Crippen molar-refractivity contribution in [3.05, 3.63) is 24.3 Å². The molecule has 0 radical (unpaired) electrons. The zero-order valence-corrected chi connectivity index (χ0v) is 8.82. The number of rotatable bonds is 2. The smallest absolute Gasteiger partial charge is 0.274 e. The third-order valence-corrected chi connectivity index (χ3v) is 2.49. The molecule has 0 saturated carbocycles. The molecule has 0 aliphatic rings. The first-order chi connectivity index (χ1) is 5.90. The van der Waals surface area contributed by atoms with Crippen molar-refractivity contribution in [2.75, 3.05) is 6.61 Å². The highest BCUT2D eigenvalue weighted by molar-refractivity contribution is 7.20. The number of halogens is 1. The molecular formula is C9H10ClNOS. The van der Waals surface area contributed by atoms with Crippen LogP contribution in [0.3, 0.4) is 0 Å². The van der Waals surface area contributed by atoms with Gasteiger partial charge in [0, 0.05) is 0 Å². The largest absolute Gasteiger partial charge is 0.470 e. The van der Waals surface area contributed by atoms with Crippen LogP contribution < -0.4 is 4.74 Å². The van der Waals surface area contributed by atoms with Crippen LogP contribution in [0.2, 0.25) is 0 Å². The van der Waals surface area contributed by atoms with Crippen LogP contribution in [-0.4, -0.2) is 11.6 Å². The van der Waals surface area contributed by atoms with Crippen LogP contribution >= 0.6 is 23.7 Å². The van der Waals surface area contributed by atoms with Gasteiger partial charge in [-0.25, -0.2) is 4.98 Å². The number of benzene rings is 1. The molecule has 1 aromatic carbocycles. The zero-order valence-electron chi connectivity index (χ0n) is 7.19. The van der Waals surface area contributed by atoms with Crippen LogP contribution in [0.25, 0.3) is 10.2 Å². The third kappa shape index (κ3) is 2.11. The average Bonchev–Trinajstić information content (AvgIpc) is 2.47. The lowest BCUT2D eigenvalue weighted by Gasteiger charge is -1.92. The van der Waals surface area contributed by atoms with Crippen molar-refractivity contribution in [1.82, 2.24) is 4.98 Å². The molecule has 1 heterocycles. The molecule has 0 aliphatic heterocycles. The quantitative estimate of drug-likeness (QED) is 0.768. The van der Waals surface area contributed by atoms with Crippen molar-refractivity contribution in [3.8, 4) is 5.19 Å². The average molecular weight is 216 g/mol. The van der Waals surface area contributed by atoms with Crippen LogP contribution in [0.1, 0.15) is 6.92 Å². The van der Waals surface area contributed by atoms with Crippen LogP contribution in [0.4, 0.5) is 0 Å². The summed E-state index contributed by atoms with van der Waals surface area (Å²) in [7, 11) is 0. The zero-order chi connectivity index (χ0) is 8.39. The lowest BCUT2D eigenvalue weighted by Crippen LogP contribution is -1.88. The summed E-state index contributed by atoms with van der Waals surface area (Å²) in [5.74, 6) is 0. The summed E-state index contributed by atoms with van der Waals surface area (Å²) in [6.07, 6.45) is 0. The van der Waals surface area contributed by atoms with E-state index >= 15 is 0 Å². The molecule has 0 unspecified atom stereocenters. The molecule has 0 spiro atoms. The molecule has 13 heavy (non-hydrogen) atoms. The van der Waals surface area contributed by atoms with E-state index in [1.165, 1.54) is 4.70 Å². The molecule has 0 fully saturated rings. The van der Waals surface area contributed by atoms with E-state index in [4.69, 9.17) is 4.74 Å². The van der Waals surface area contributed by atoms with Gasteiger partial charge < -0.3 is 4.74 Å². The van der Waals surface area contributed by atoms with Crippen molar-refractivity contribution in [2.24, 2.45) is 0 Å². The first-order valence-electron chi connectivity index (χ1n) is 3.88. The summed E-state index contributed by atoms with van der Waals surface area (Å²) in [6.45, 7) is 2.64. The minimum absolute atomic E-state index is 0. The fourth-order valence-electron chi connectivity index (χ4n) is 1.04. The predicted octanol–water partition coefficient (Wildman–Crippen LogP) is 3.12. The van der Waals surface area contributed by atoms with E-state index < -0.39 is 0 Å². The summed E-state index contributed by atoms with van der Waals surface area (Å²) < 4.78 is 6.48. The molecule has 2 rings (SSSR count). The fraction of sp³-hybridized carbons (Fsp3) is 0.222. The van der Waals surface area contributed by atoms with Gasteiger partial charge in [-0.1, -0.05) is 23.5 Å². The summed E-state index contributed by atoms with van der Waals surface area (Å²) in [5.41, 5.74) is 1.02. The maximum atomic E-state index is 5.30. The van der Waals surface area contributed by atoms with Crippen LogP contribution in [0, 0.1) is 0 Å². The highest BCUT2D eigenvalue weighted by Crippen LogP contribution is 2.26. The van der Waals surface area contributed by atoms with E-state index in [0.717, 1.165) is 10.7 Å². The van der Waals surface area contributed by atoms with E-state index in [2.05, 4.69) is 11.1 Å². The molecule has 2 nitrogen and oxygen atoms in total. The normalized spacial score (nSPS) is 9.62. The van der Waals surface area contributed by atoms with Gasteiger partial charge in [-0.15, -0.1) is 12.4 Å². The molecule has 0 N–H and O–H groups in total. The van der Waals surface area contributed by atoms with Gasteiger partial charge in [-0.2, -0.15) is 0 Å². The van der Waals surface area contributed by atoms with Crippen molar-refractivity contribution in [3.63, 3.8) is 0 Å². The second kappa shape index (κ2) is 4.44. The molecule has 0 aliphatic carbocycles. The lowest BCUT2D eigenvalue weighted by molar-refractivity contribution is 0.339. The molecule has 0 bridgehead atoms. The Balaban J connectivity index is 0.000000845. The molecule has 70 valence electrons. The number of aromatic nitrogens is 1. The summed E-state index contributed by atoms with van der Waals surface area (Å²) in [5, 5.41) is 0.763. The Morgan fingerprint density at radius 3 is 2.85 bits per heavy atom. The first kappa shape index (κ1) is 10.3. The van der Waals surface area contributed by atoms with E-state index in [-0.39, 0.29) is 12.4 Å². The second-order valence-electron chi connectivity index (χ2n) is 2.38. The van der Waals surface area contributed by atoms with Gasteiger partial charge in [0.2, 0.25) is 0 Å². The Morgan fingerprint density at radius 1 is 1.38 bits per heavy atom. The molecule has 2 aromatic rings.